The van der Waals surface area contributed by atoms with E-state index in [2.05, 4.69) is 10.7 Å². The Morgan fingerprint density at radius 2 is 1.62 bits per heavy atom. The maximum absolute atomic E-state index is 12.1. The van der Waals surface area contributed by atoms with Crippen LogP contribution < -0.4 is 16.6 Å². The fourth-order valence-corrected chi connectivity index (χ4v) is 2.55. The van der Waals surface area contributed by atoms with Gasteiger partial charge in [-0.15, -0.1) is 0 Å². The summed E-state index contributed by atoms with van der Waals surface area (Å²) in [6.45, 7) is 0. The standard InChI is InChI=1S/C20H17N3O3/c21-23-19(24)18(11-13-5-7-15(8-6-13)20(25)26)22-17-10-9-14-3-1-2-4-16(14)12-17/h1-12,22H,21H2,(H,23,24)(H,25,26). The molecule has 0 aromatic heterocycles. The number of amides is 1. The monoisotopic (exact) mass is 347 g/mol. The number of nitrogens with one attached hydrogen (secondary N) is 2. The molecule has 0 aliphatic carbocycles. The lowest BCUT2D eigenvalue weighted by molar-refractivity contribution is -0.117. The summed E-state index contributed by atoms with van der Waals surface area (Å²) in [5.74, 6) is 3.79. The normalized spacial score (nSPS) is 11.2. The molecule has 0 spiro atoms. The Balaban J connectivity index is 1.91. The molecule has 3 aromatic carbocycles. The Morgan fingerprint density at radius 1 is 0.923 bits per heavy atom. The first-order valence-corrected chi connectivity index (χ1v) is 7.88. The molecule has 0 aliphatic rings. The molecule has 0 atom stereocenters. The third-order valence-corrected chi connectivity index (χ3v) is 3.87. The van der Waals surface area contributed by atoms with Crippen LogP contribution in [-0.4, -0.2) is 17.0 Å². The van der Waals surface area contributed by atoms with Crippen LogP contribution in [0.5, 0.6) is 0 Å². The Morgan fingerprint density at radius 3 is 2.27 bits per heavy atom. The van der Waals surface area contributed by atoms with Gasteiger partial charge in [0.1, 0.15) is 5.70 Å². The number of carboxylic acid groups (broad SMARTS) is 1. The van der Waals surface area contributed by atoms with Gasteiger partial charge in [-0.1, -0.05) is 42.5 Å². The third-order valence-electron chi connectivity index (χ3n) is 3.87. The van der Waals surface area contributed by atoms with E-state index in [9.17, 15) is 9.59 Å². The molecular formula is C20H17N3O3. The quantitative estimate of drug-likeness (QED) is 0.246. The van der Waals surface area contributed by atoms with Gasteiger partial charge in [-0.25, -0.2) is 10.6 Å². The minimum Gasteiger partial charge on any atom is -0.478 e. The summed E-state index contributed by atoms with van der Waals surface area (Å²) in [4.78, 5) is 23.0. The second-order valence-electron chi connectivity index (χ2n) is 5.65. The Hall–Kier alpha value is -3.64. The van der Waals surface area contributed by atoms with Gasteiger partial charge in [0, 0.05) is 5.69 Å². The van der Waals surface area contributed by atoms with Gasteiger partial charge in [0.2, 0.25) is 0 Å². The first-order valence-electron chi connectivity index (χ1n) is 7.88. The highest BCUT2D eigenvalue weighted by Gasteiger charge is 2.09. The summed E-state index contributed by atoms with van der Waals surface area (Å²) >= 11 is 0. The number of carboxylic acids is 1. The number of hydrazine groups is 1. The summed E-state index contributed by atoms with van der Waals surface area (Å²) in [5.41, 5.74) is 3.93. The number of carbonyl (C=O) groups excluding carboxylic acids is 1. The van der Waals surface area contributed by atoms with Crippen molar-refractivity contribution < 1.29 is 14.7 Å². The molecule has 0 aliphatic heterocycles. The summed E-state index contributed by atoms with van der Waals surface area (Å²) in [6.07, 6.45) is 1.60. The lowest BCUT2D eigenvalue weighted by Crippen LogP contribution is -2.33. The summed E-state index contributed by atoms with van der Waals surface area (Å²) < 4.78 is 0. The number of aromatic carboxylic acids is 1. The molecule has 1 amide bonds. The summed E-state index contributed by atoms with van der Waals surface area (Å²) in [6, 6.07) is 19.8. The fourth-order valence-electron chi connectivity index (χ4n) is 2.55. The lowest BCUT2D eigenvalue weighted by atomic mass is 10.1. The van der Waals surface area contributed by atoms with Gasteiger partial charge in [-0.2, -0.15) is 0 Å². The van der Waals surface area contributed by atoms with Crippen LogP contribution >= 0.6 is 0 Å². The SMILES string of the molecule is NNC(=O)C(=Cc1ccc(C(=O)O)cc1)Nc1ccc2ccccc2c1. The number of benzene rings is 3. The largest absolute Gasteiger partial charge is 0.478 e. The van der Waals surface area contributed by atoms with Crippen molar-refractivity contribution in [1.29, 1.82) is 0 Å². The zero-order valence-corrected chi connectivity index (χ0v) is 13.8. The van der Waals surface area contributed by atoms with Gasteiger partial charge in [0.15, 0.2) is 0 Å². The second kappa shape index (κ2) is 7.50. The van der Waals surface area contributed by atoms with Gasteiger partial charge >= 0.3 is 5.97 Å². The molecule has 26 heavy (non-hydrogen) atoms. The average molecular weight is 347 g/mol. The van der Waals surface area contributed by atoms with E-state index in [4.69, 9.17) is 10.9 Å². The van der Waals surface area contributed by atoms with Crippen LogP contribution in [0.15, 0.2) is 72.4 Å². The van der Waals surface area contributed by atoms with Crippen LogP contribution in [0.3, 0.4) is 0 Å². The predicted octanol–water partition coefficient (Wildman–Crippen LogP) is 2.98. The van der Waals surface area contributed by atoms with E-state index >= 15 is 0 Å². The van der Waals surface area contributed by atoms with Crippen molar-refractivity contribution in [3.05, 3.63) is 83.6 Å². The zero-order chi connectivity index (χ0) is 18.5. The van der Waals surface area contributed by atoms with Crippen molar-refractivity contribution in [3.8, 4) is 0 Å². The van der Waals surface area contributed by atoms with Gasteiger partial charge < -0.3 is 10.4 Å². The average Bonchev–Trinajstić information content (AvgIpc) is 2.67. The smallest absolute Gasteiger partial charge is 0.335 e. The van der Waals surface area contributed by atoms with Crippen LogP contribution in [0.2, 0.25) is 0 Å². The van der Waals surface area contributed by atoms with Crippen molar-refractivity contribution in [2.24, 2.45) is 5.84 Å². The van der Waals surface area contributed by atoms with E-state index in [1.54, 1.807) is 18.2 Å². The van der Waals surface area contributed by atoms with Crippen molar-refractivity contribution in [2.75, 3.05) is 5.32 Å². The van der Waals surface area contributed by atoms with Gasteiger partial charge in [-0.05, 0) is 46.7 Å². The minimum absolute atomic E-state index is 0.175. The van der Waals surface area contributed by atoms with Crippen molar-refractivity contribution >= 4 is 34.4 Å². The van der Waals surface area contributed by atoms with E-state index in [1.807, 2.05) is 42.5 Å². The fraction of sp³-hybridized carbons (Fsp3) is 0. The molecule has 6 heteroatoms. The highest BCUT2D eigenvalue weighted by atomic mass is 16.4. The zero-order valence-electron chi connectivity index (χ0n) is 13.8. The number of fused-ring (bicyclic) bond motifs is 1. The maximum atomic E-state index is 12.1. The lowest BCUT2D eigenvalue weighted by Gasteiger charge is -2.11. The molecule has 3 aromatic rings. The number of carbonyl (C=O) groups is 2. The number of nitrogens with two attached hydrogens (primary N) is 1. The van der Waals surface area contributed by atoms with Crippen LogP contribution in [-0.2, 0) is 4.79 Å². The molecule has 0 radical (unpaired) electrons. The van der Waals surface area contributed by atoms with Gasteiger partial charge in [0.25, 0.3) is 5.91 Å². The maximum Gasteiger partial charge on any atom is 0.335 e. The molecule has 6 nitrogen and oxygen atoms in total. The molecule has 0 bridgehead atoms. The Bertz CT molecular complexity index is 995. The van der Waals surface area contributed by atoms with E-state index in [0.717, 1.165) is 16.5 Å². The van der Waals surface area contributed by atoms with Crippen molar-refractivity contribution in [3.63, 3.8) is 0 Å². The molecule has 5 N–H and O–H groups in total. The highest BCUT2D eigenvalue weighted by Crippen LogP contribution is 2.21. The predicted molar refractivity (Wildman–Crippen MR) is 101 cm³/mol. The van der Waals surface area contributed by atoms with Crippen LogP contribution in [0, 0.1) is 0 Å². The van der Waals surface area contributed by atoms with Crippen LogP contribution in [0.25, 0.3) is 16.8 Å². The number of hydrogen-bond acceptors (Lipinski definition) is 4. The molecule has 130 valence electrons. The molecular weight excluding hydrogens is 330 g/mol. The first-order chi connectivity index (χ1) is 12.6. The van der Waals surface area contributed by atoms with E-state index in [1.165, 1.54) is 12.1 Å². The summed E-state index contributed by atoms with van der Waals surface area (Å²) in [7, 11) is 0. The topological polar surface area (TPSA) is 104 Å². The molecule has 0 fully saturated rings. The van der Waals surface area contributed by atoms with Gasteiger partial charge in [-0.3, -0.25) is 10.2 Å². The molecule has 3 rings (SSSR count). The van der Waals surface area contributed by atoms with Crippen LogP contribution in [0.4, 0.5) is 5.69 Å². The summed E-state index contributed by atoms with van der Waals surface area (Å²) in [5, 5.41) is 14.1. The van der Waals surface area contributed by atoms with E-state index in [-0.39, 0.29) is 11.3 Å². The highest BCUT2D eigenvalue weighted by molar-refractivity contribution is 6.01. The van der Waals surface area contributed by atoms with Gasteiger partial charge in [0.05, 0.1) is 5.56 Å². The Labute approximate surface area is 149 Å². The first kappa shape index (κ1) is 17.2. The second-order valence-corrected chi connectivity index (χ2v) is 5.65. The third kappa shape index (κ3) is 3.88. The molecule has 0 saturated carbocycles. The number of rotatable bonds is 5. The number of anilines is 1. The molecule has 0 heterocycles. The van der Waals surface area contributed by atoms with Crippen molar-refractivity contribution in [1.82, 2.24) is 5.43 Å². The van der Waals surface area contributed by atoms with E-state index in [0.29, 0.717) is 5.56 Å². The minimum atomic E-state index is -1.00. The molecule has 0 unspecified atom stereocenters. The van der Waals surface area contributed by atoms with E-state index < -0.39 is 11.9 Å². The molecule has 0 saturated heterocycles. The number of hydrogen-bond donors (Lipinski definition) is 4. The Kier molecular flexibility index (Phi) is 4.96. The van der Waals surface area contributed by atoms with Crippen molar-refractivity contribution in [2.45, 2.75) is 0 Å². The van der Waals surface area contributed by atoms with Crippen LogP contribution in [0.1, 0.15) is 15.9 Å².